The van der Waals surface area contributed by atoms with Crippen LogP contribution in [0.1, 0.15) is 49.3 Å². The number of aliphatic carboxylic acids is 2. The van der Waals surface area contributed by atoms with Crippen molar-refractivity contribution in [2.75, 3.05) is 57.5 Å². The van der Waals surface area contributed by atoms with Crippen molar-refractivity contribution in [3.05, 3.63) is 119 Å². The Labute approximate surface area is 413 Å². The number of pyridine rings is 1. The summed E-state index contributed by atoms with van der Waals surface area (Å²) in [6.07, 6.45) is -9.29. The van der Waals surface area contributed by atoms with E-state index in [0.29, 0.717) is 73.4 Å². The van der Waals surface area contributed by atoms with Crippen molar-refractivity contribution in [1.29, 1.82) is 0 Å². The van der Waals surface area contributed by atoms with E-state index in [1.54, 1.807) is 30.1 Å². The van der Waals surface area contributed by atoms with Gasteiger partial charge in [0.05, 0.1) is 30.1 Å². The summed E-state index contributed by atoms with van der Waals surface area (Å²) in [4.78, 5) is 74.5. The number of phenols is 1. The predicted octanol–water partition coefficient (Wildman–Crippen LogP) is 7.28. The van der Waals surface area contributed by atoms with Crippen LogP contribution in [-0.2, 0) is 30.5 Å². The van der Waals surface area contributed by atoms with Crippen LogP contribution in [0.4, 0.5) is 42.5 Å². The zero-order chi connectivity index (χ0) is 53.9. The molecule has 5 aromatic rings. The monoisotopic (exact) mass is 1030 g/mol. The van der Waals surface area contributed by atoms with Gasteiger partial charge in [-0.15, -0.1) is 0 Å². The first-order valence-corrected chi connectivity index (χ1v) is 22.4. The third kappa shape index (κ3) is 18.8. The van der Waals surface area contributed by atoms with E-state index < -0.39 is 36.5 Å². The lowest BCUT2D eigenvalue weighted by molar-refractivity contribution is -0.193. The lowest BCUT2D eigenvalue weighted by Crippen LogP contribution is -2.40. The van der Waals surface area contributed by atoms with Crippen LogP contribution in [0, 0.1) is 0 Å². The van der Waals surface area contributed by atoms with E-state index in [2.05, 4.69) is 25.8 Å². The quantitative estimate of drug-likeness (QED) is 0.0426. The van der Waals surface area contributed by atoms with Gasteiger partial charge in [0.25, 0.3) is 0 Å². The molecule has 0 aliphatic carbocycles. The number of fused-ring (bicyclic) bond motifs is 1. The SMILES string of the molecule is COc1cc(CNC[C@H](O)c2ccc(O)c3[nH]c(=O)ccc23)ccc1NC(=O)CCCN(C)C(=O)CCN1CCC(OC(=O)Nc2ccccc2-c2ccccc2)CC1.O=C(O)C(F)(F)F.O=C(O)C(F)(F)F. The van der Waals surface area contributed by atoms with E-state index in [-0.39, 0.29) is 47.7 Å². The number of ether oxygens (including phenoxy) is 2. The van der Waals surface area contributed by atoms with Crippen molar-refractivity contribution in [3.63, 3.8) is 0 Å². The second kappa shape index (κ2) is 27.2. The number of aliphatic hydroxyl groups is 1. The van der Waals surface area contributed by atoms with E-state index in [1.165, 1.54) is 19.2 Å². The van der Waals surface area contributed by atoms with Crippen molar-refractivity contribution in [3.8, 4) is 22.6 Å². The summed E-state index contributed by atoms with van der Waals surface area (Å²) in [6, 6.07) is 28.9. The van der Waals surface area contributed by atoms with Gasteiger partial charge in [-0.1, -0.05) is 60.7 Å². The van der Waals surface area contributed by atoms with Crippen LogP contribution in [0.25, 0.3) is 22.0 Å². The number of aromatic nitrogens is 1. The number of halogens is 6. The van der Waals surface area contributed by atoms with Gasteiger partial charge in [-0.25, -0.2) is 14.4 Å². The van der Waals surface area contributed by atoms with Crippen molar-refractivity contribution in [2.24, 2.45) is 0 Å². The maximum Gasteiger partial charge on any atom is 0.490 e. The molecule has 8 N–H and O–H groups in total. The van der Waals surface area contributed by atoms with Gasteiger partial charge in [-0.05, 0) is 66.3 Å². The largest absolute Gasteiger partial charge is 0.506 e. The van der Waals surface area contributed by atoms with Gasteiger partial charge < -0.3 is 55.3 Å². The Morgan fingerprint density at radius 3 is 2.08 bits per heavy atom. The summed E-state index contributed by atoms with van der Waals surface area (Å²) in [6.45, 7) is 3.12. The summed E-state index contributed by atoms with van der Waals surface area (Å²) in [7, 11) is 3.27. The minimum Gasteiger partial charge on any atom is -0.506 e. The van der Waals surface area contributed by atoms with E-state index in [0.717, 1.165) is 29.8 Å². The van der Waals surface area contributed by atoms with Gasteiger partial charge in [0.15, 0.2) is 0 Å². The smallest absolute Gasteiger partial charge is 0.490 e. The molecule has 394 valence electrons. The fraction of sp³-hybridized carbons (Fsp3) is 0.347. The Balaban J connectivity index is 0.000000722. The molecule has 1 aromatic heterocycles. The molecule has 6 rings (SSSR count). The molecular formula is C49H54F6N6O12. The minimum absolute atomic E-state index is 0.00591. The highest BCUT2D eigenvalue weighted by Gasteiger charge is 2.39. The van der Waals surface area contributed by atoms with Crippen LogP contribution < -0.4 is 26.2 Å². The van der Waals surface area contributed by atoms with Gasteiger partial charge in [0.2, 0.25) is 17.4 Å². The average molecular weight is 1030 g/mol. The van der Waals surface area contributed by atoms with Crippen molar-refractivity contribution < 1.29 is 80.2 Å². The third-order valence-corrected chi connectivity index (χ3v) is 11.0. The molecule has 73 heavy (non-hydrogen) atoms. The van der Waals surface area contributed by atoms with E-state index in [1.807, 2.05) is 66.7 Å². The standard InChI is InChI=1S/C45H52N6O8.2C2HF3O2/c1-50(43(56)22-26-51-24-20-32(21-25-51)59-45(57)48-36-12-7-6-11-33(36)31-9-4-3-5-10-31)23-8-13-41(54)47-37-17-14-30(27-40(37)58-2)28-46-29-39(53)34-15-18-38(52)44-35(34)16-19-42(55)49-44;2*3-2(4,5)1(6)7/h3-7,9-12,14-19,27,32,39,46,52-53H,8,13,20-26,28-29H2,1-2H3,(H,47,54)(H,48,57)(H,49,55);2*(H,6,7)/t39-;;/m0../s1. The number of para-hydroxylation sites is 1. The fourth-order valence-electron chi connectivity index (χ4n) is 7.22. The number of hydrogen-bond acceptors (Lipinski definition) is 12. The summed E-state index contributed by atoms with van der Waals surface area (Å²) < 4.78 is 74.8. The fourth-order valence-corrected chi connectivity index (χ4v) is 7.22. The van der Waals surface area contributed by atoms with Crippen LogP contribution in [0.2, 0.25) is 0 Å². The van der Waals surface area contributed by atoms with Crippen LogP contribution in [0.15, 0.2) is 102 Å². The first-order chi connectivity index (χ1) is 34.5. The number of carboxylic acid groups (broad SMARTS) is 2. The number of aromatic amines is 1. The zero-order valence-corrected chi connectivity index (χ0v) is 39.4. The van der Waals surface area contributed by atoms with Crippen molar-refractivity contribution >= 4 is 52.1 Å². The number of alkyl halides is 6. The summed E-state index contributed by atoms with van der Waals surface area (Å²) in [5, 5.41) is 44.8. The molecular weight excluding hydrogens is 979 g/mol. The number of hydrogen-bond donors (Lipinski definition) is 8. The Bertz CT molecular complexity index is 2690. The Morgan fingerprint density at radius 2 is 1.45 bits per heavy atom. The maximum absolute atomic E-state index is 12.9. The third-order valence-electron chi connectivity index (χ3n) is 11.0. The number of nitrogens with zero attached hydrogens (tertiary/aromatic N) is 2. The molecule has 2 heterocycles. The molecule has 1 atom stereocenters. The number of methoxy groups -OCH3 is 1. The molecule has 0 unspecified atom stereocenters. The van der Waals surface area contributed by atoms with Crippen molar-refractivity contribution in [1.82, 2.24) is 20.1 Å². The van der Waals surface area contributed by atoms with Crippen LogP contribution >= 0.6 is 0 Å². The molecule has 0 saturated carbocycles. The number of aliphatic hydroxyl groups excluding tert-OH is 1. The predicted molar refractivity (Wildman–Crippen MR) is 255 cm³/mol. The number of piperidine rings is 1. The number of carbonyl (C=O) groups excluding carboxylic acids is 3. The van der Waals surface area contributed by atoms with Crippen LogP contribution in [-0.4, -0.2) is 130 Å². The zero-order valence-electron chi connectivity index (χ0n) is 39.4. The Hall–Kier alpha value is -7.70. The minimum atomic E-state index is -5.08. The van der Waals surface area contributed by atoms with Crippen LogP contribution in [0.3, 0.4) is 0 Å². The molecule has 18 nitrogen and oxygen atoms in total. The van der Waals surface area contributed by atoms with E-state index in [4.69, 9.17) is 29.3 Å². The van der Waals surface area contributed by atoms with E-state index >= 15 is 0 Å². The number of likely N-dealkylation sites (tertiary alicyclic amines) is 1. The summed E-state index contributed by atoms with van der Waals surface area (Å²) in [5.41, 5.74) is 4.51. The van der Waals surface area contributed by atoms with Crippen molar-refractivity contribution in [2.45, 2.75) is 63.2 Å². The number of anilines is 2. The molecule has 3 amide bonds. The Morgan fingerprint density at radius 1 is 0.822 bits per heavy atom. The van der Waals surface area contributed by atoms with Gasteiger partial charge in [-0.2, -0.15) is 26.3 Å². The summed E-state index contributed by atoms with van der Waals surface area (Å²) in [5.74, 6) is -5.29. The summed E-state index contributed by atoms with van der Waals surface area (Å²) >= 11 is 0. The lowest BCUT2D eigenvalue weighted by Gasteiger charge is -2.31. The number of aromatic hydroxyl groups is 1. The topological polar surface area (TPSA) is 260 Å². The number of amides is 3. The molecule has 1 saturated heterocycles. The first-order valence-electron chi connectivity index (χ1n) is 22.4. The number of H-pyrrole nitrogens is 1. The van der Waals surface area contributed by atoms with Gasteiger partial charge in [-0.3, -0.25) is 19.7 Å². The molecule has 1 aliphatic rings. The number of phenolic OH excluding ortho intramolecular Hbond substituents is 1. The highest BCUT2D eigenvalue weighted by molar-refractivity contribution is 5.93. The number of benzene rings is 4. The Kier molecular flexibility index (Phi) is 21.6. The second-order valence-electron chi connectivity index (χ2n) is 16.3. The van der Waals surface area contributed by atoms with E-state index in [9.17, 15) is 55.7 Å². The lowest BCUT2D eigenvalue weighted by atomic mass is 10.0. The maximum atomic E-state index is 12.9. The first kappa shape index (κ1) is 57.9. The molecule has 24 heteroatoms. The normalized spacial score (nSPS) is 13.3. The highest BCUT2D eigenvalue weighted by Crippen LogP contribution is 2.31. The van der Waals surface area contributed by atoms with Crippen LogP contribution in [0.5, 0.6) is 11.5 Å². The van der Waals surface area contributed by atoms with Gasteiger partial charge >= 0.3 is 30.4 Å². The van der Waals surface area contributed by atoms with Gasteiger partial charge in [0.1, 0.15) is 17.6 Å². The second-order valence-corrected chi connectivity index (χ2v) is 16.3. The van der Waals surface area contributed by atoms with Gasteiger partial charge in [0, 0.05) is 76.2 Å². The molecule has 0 radical (unpaired) electrons. The average Bonchev–Trinajstić information content (AvgIpc) is 3.34. The number of nitrogens with one attached hydrogen (secondary N) is 4. The number of carboxylic acids is 2. The molecule has 0 spiro atoms. The molecule has 4 aromatic carbocycles. The molecule has 1 fully saturated rings. The number of carbonyl (C=O) groups is 5. The highest BCUT2D eigenvalue weighted by atomic mass is 19.4. The number of rotatable bonds is 17. The molecule has 0 bridgehead atoms. The molecule has 1 aliphatic heterocycles.